The molecular weight excluding hydrogens is 302 g/mol. The first-order chi connectivity index (χ1) is 11.7. The van der Waals surface area contributed by atoms with Crippen LogP contribution in [0, 0.1) is 0 Å². The van der Waals surface area contributed by atoms with E-state index in [0.29, 0.717) is 25.2 Å². The van der Waals surface area contributed by atoms with Gasteiger partial charge in [-0.2, -0.15) is 0 Å². The van der Waals surface area contributed by atoms with Crippen LogP contribution in [0.4, 0.5) is 0 Å². The van der Waals surface area contributed by atoms with E-state index in [1.54, 1.807) is 0 Å². The van der Waals surface area contributed by atoms with Crippen LogP contribution < -0.4 is 5.32 Å². The maximum Gasteiger partial charge on any atom is 0.267 e. The van der Waals surface area contributed by atoms with Crippen LogP contribution in [0.15, 0.2) is 36.4 Å². The number of nitrogens with zero attached hydrogens (tertiary/aromatic N) is 1. The Labute approximate surface area is 142 Å². The van der Waals surface area contributed by atoms with Gasteiger partial charge in [0.05, 0.1) is 0 Å². The molecule has 0 radical (unpaired) electrons. The molecule has 1 aromatic carbocycles. The van der Waals surface area contributed by atoms with E-state index >= 15 is 0 Å². The molecule has 1 aromatic heterocycles. The lowest BCUT2D eigenvalue weighted by atomic mass is 10.1. The summed E-state index contributed by atoms with van der Waals surface area (Å²) in [6, 6.07) is 11.7. The van der Waals surface area contributed by atoms with Gasteiger partial charge < -0.3 is 15.2 Å². The van der Waals surface area contributed by atoms with Gasteiger partial charge in [0, 0.05) is 31.7 Å². The molecule has 24 heavy (non-hydrogen) atoms. The van der Waals surface area contributed by atoms with Gasteiger partial charge in [-0.3, -0.25) is 9.59 Å². The lowest BCUT2D eigenvalue weighted by Crippen LogP contribution is -2.27. The van der Waals surface area contributed by atoms with E-state index in [1.807, 2.05) is 48.2 Å². The van der Waals surface area contributed by atoms with E-state index in [-0.39, 0.29) is 11.8 Å². The number of carbonyl (C=O) groups is 2. The summed E-state index contributed by atoms with van der Waals surface area (Å²) in [5, 5.41) is 2.96. The fourth-order valence-corrected chi connectivity index (χ4v) is 3.01. The summed E-state index contributed by atoms with van der Waals surface area (Å²) in [4.78, 5) is 29.1. The van der Waals surface area contributed by atoms with E-state index in [1.165, 1.54) is 0 Å². The molecule has 0 spiro atoms. The summed E-state index contributed by atoms with van der Waals surface area (Å²) >= 11 is 0. The molecule has 0 atom stereocenters. The Morgan fingerprint density at radius 3 is 2.67 bits per heavy atom. The molecule has 0 bridgehead atoms. The Morgan fingerprint density at radius 1 is 1.21 bits per heavy atom. The van der Waals surface area contributed by atoms with Crippen LogP contribution in [0.2, 0.25) is 0 Å². The van der Waals surface area contributed by atoms with Crippen molar-refractivity contribution in [3.8, 4) is 0 Å². The third kappa shape index (κ3) is 3.67. The van der Waals surface area contributed by atoms with Crippen molar-refractivity contribution in [2.24, 2.45) is 0 Å². The zero-order chi connectivity index (χ0) is 16.9. The zero-order valence-electron chi connectivity index (χ0n) is 14.0. The molecule has 2 aromatic rings. The van der Waals surface area contributed by atoms with Crippen molar-refractivity contribution in [3.05, 3.63) is 58.9 Å². The number of H-pyrrole nitrogens is 1. The average molecular weight is 325 g/mol. The number of aryl methyl sites for hydroxylation is 1. The Bertz CT molecular complexity index is 736. The largest absolute Gasteiger partial charge is 0.354 e. The third-order valence-electron chi connectivity index (χ3n) is 4.46. The van der Waals surface area contributed by atoms with Crippen LogP contribution in [0.1, 0.15) is 47.1 Å². The average Bonchev–Trinajstić information content (AvgIpc) is 3.23. The molecular formula is C19H23N3O2. The van der Waals surface area contributed by atoms with Crippen molar-refractivity contribution in [3.63, 3.8) is 0 Å². The molecule has 1 aliphatic heterocycles. The van der Waals surface area contributed by atoms with Gasteiger partial charge in [0.1, 0.15) is 5.69 Å². The van der Waals surface area contributed by atoms with E-state index in [0.717, 1.165) is 36.2 Å². The van der Waals surface area contributed by atoms with Crippen molar-refractivity contribution in [2.45, 2.75) is 39.3 Å². The summed E-state index contributed by atoms with van der Waals surface area (Å²) in [5.74, 6) is 0.106. The predicted octanol–water partition coefficient (Wildman–Crippen LogP) is 2.63. The van der Waals surface area contributed by atoms with Crippen LogP contribution in [-0.4, -0.2) is 28.2 Å². The Kier molecular flexibility index (Phi) is 4.99. The number of benzene rings is 1. The van der Waals surface area contributed by atoms with Gasteiger partial charge >= 0.3 is 0 Å². The minimum absolute atomic E-state index is 0.109. The highest BCUT2D eigenvalue weighted by molar-refractivity contribution is 5.92. The van der Waals surface area contributed by atoms with Gasteiger partial charge in [-0.1, -0.05) is 31.2 Å². The molecule has 3 rings (SSSR count). The van der Waals surface area contributed by atoms with Crippen molar-refractivity contribution < 1.29 is 9.59 Å². The maximum atomic E-state index is 12.2. The molecule has 1 aliphatic rings. The molecule has 2 heterocycles. The van der Waals surface area contributed by atoms with Gasteiger partial charge in [0.15, 0.2) is 0 Å². The third-order valence-corrected chi connectivity index (χ3v) is 4.46. The van der Waals surface area contributed by atoms with Gasteiger partial charge in [-0.25, -0.2) is 0 Å². The molecule has 0 aliphatic carbocycles. The van der Waals surface area contributed by atoms with Crippen LogP contribution in [0.25, 0.3) is 0 Å². The number of aromatic nitrogens is 1. The normalized spacial score (nSPS) is 14.2. The lowest BCUT2D eigenvalue weighted by molar-refractivity contribution is -0.128. The SMILES string of the molecule is CCc1ccc(C(=O)NCc2ccccc2CN2CCCC2=O)[nH]1. The van der Waals surface area contributed by atoms with E-state index in [9.17, 15) is 9.59 Å². The van der Waals surface area contributed by atoms with E-state index < -0.39 is 0 Å². The second kappa shape index (κ2) is 7.34. The minimum atomic E-state index is -0.109. The highest BCUT2D eigenvalue weighted by Gasteiger charge is 2.21. The number of nitrogens with one attached hydrogen (secondary N) is 2. The smallest absolute Gasteiger partial charge is 0.267 e. The van der Waals surface area contributed by atoms with Gasteiger partial charge in [-0.05, 0) is 36.1 Å². The standard InChI is InChI=1S/C19H23N3O2/c1-2-16-9-10-17(21-16)19(24)20-12-14-6-3-4-7-15(14)13-22-11-5-8-18(22)23/h3-4,6-7,9-10,21H,2,5,8,11-13H2,1H3,(H,20,24). The predicted molar refractivity (Wildman–Crippen MR) is 92.4 cm³/mol. The molecule has 2 amide bonds. The van der Waals surface area contributed by atoms with Crippen molar-refractivity contribution in [1.29, 1.82) is 0 Å². The second-order valence-electron chi connectivity index (χ2n) is 6.12. The van der Waals surface area contributed by atoms with Crippen LogP contribution in [0.3, 0.4) is 0 Å². The van der Waals surface area contributed by atoms with Crippen molar-refractivity contribution in [1.82, 2.24) is 15.2 Å². The molecule has 5 heteroatoms. The van der Waals surface area contributed by atoms with Crippen molar-refractivity contribution in [2.75, 3.05) is 6.54 Å². The van der Waals surface area contributed by atoms with E-state index in [4.69, 9.17) is 0 Å². The summed E-state index contributed by atoms with van der Waals surface area (Å²) in [6.07, 6.45) is 2.45. The molecule has 1 fully saturated rings. The number of amides is 2. The van der Waals surface area contributed by atoms with Gasteiger partial charge in [-0.15, -0.1) is 0 Å². The van der Waals surface area contributed by atoms with Crippen LogP contribution >= 0.6 is 0 Å². The molecule has 1 saturated heterocycles. The molecule has 126 valence electrons. The summed E-state index contributed by atoms with van der Waals surface area (Å²) in [7, 11) is 0. The quantitative estimate of drug-likeness (QED) is 0.857. The highest BCUT2D eigenvalue weighted by atomic mass is 16.2. The Hall–Kier alpha value is -2.56. The number of hydrogen-bond acceptors (Lipinski definition) is 2. The fourth-order valence-electron chi connectivity index (χ4n) is 3.01. The second-order valence-corrected chi connectivity index (χ2v) is 6.12. The number of carbonyl (C=O) groups excluding carboxylic acids is 2. The number of aromatic amines is 1. The summed E-state index contributed by atoms with van der Waals surface area (Å²) < 4.78 is 0. The van der Waals surface area contributed by atoms with Gasteiger partial charge in [0.2, 0.25) is 5.91 Å². The monoisotopic (exact) mass is 325 g/mol. The first-order valence-electron chi connectivity index (χ1n) is 8.48. The van der Waals surface area contributed by atoms with Crippen LogP contribution in [0.5, 0.6) is 0 Å². The lowest BCUT2D eigenvalue weighted by Gasteiger charge is -2.18. The fraction of sp³-hybridized carbons (Fsp3) is 0.368. The zero-order valence-corrected chi connectivity index (χ0v) is 14.0. The Balaban J connectivity index is 1.64. The highest BCUT2D eigenvalue weighted by Crippen LogP contribution is 2.17. The van der Waals surface area contributed by atoms with E-state index in [2.05, 4.69) is 10.3 Å². The minimum Gasteiger partial charge on any atom is -0.354 e. The Morgan fingerprint density at radius 2 is 2.00 bits per heavy atom. The van der Waals surface area contributed by atoms with Gasteiger partial charge in [0.25, 0.3) is 5.91 Å². The summed E-state index contributed by atoms with van der Waals surface area (Å²) in [6.45, 7) is 3.94. The maximum absolute atomic E-state index is 12.2. The molecule has 0 saturated carbocycles. The number of rotatable bonds is 6. The molecule has 2 N–H and O–H groups in total. The molecule has 5 nitrogen and oxygen atoms in total. The van der Waals surface area contributed by atoms with Crippen molar-refractivity contribution >= 4 is 11.8 Å². The topological polar surface area (TPSA) is 65.2 Å². The first-order valence-corrected chi connectivity index (χ1v) is 8.48. The van der Waals surface area contributed by atoms with Crippen LogP contribution in [-0.2, 0) is 24.3 Å². The number of likely N-dealkylation sites (tertiary alicyclic amines) is 1. The first kappa shape index (κ1) is 16.3. The molecule has 0 unspecified atom stereocenters. The number of hydrogen-bond donors (Lipinski definition) is 2. The summed E-state index contributed by atoms with van der Waals surface area (Å²) in [5.41, 5.74) is 3.77.